The normalized spacial score (nSPS) is 14.6. The van der Waals surface area contributed by atoms with Crippen molar-refractivity contribution in [3.63, 3.8) is 0 Å². The van der Waals surface area contributed by atoms with E-state index in [2.05, 4.69) is 25.9 Å². The first-order valence-electron chi connectivity index (χ1n) is 5.02. The molecule has 1 unspecified atom stereocenters. The van der Waals surface area contributed by atoms with Gasteiger partial charge in [0.2, 0.25) is 0 Å². The van der Waals surface area contributed by atoms with Gasteiger partial charge in [-0.15, -0.1) is 11.3 Å². The molecule has 0 fully saturated rings. The fourth-order valence-electron chi connectivity index (χ4n) is 1.58. The molecular weight excluding hydrogens is 307 g/mol. The average molecular weight is 317 g/mol. The molecule has 0 spiro atoms. The summed E-state index contributed by atoms with van der Waals surface area (Å²) in [5.74, 6) is -0.421. The van der Waals surface area contributed by atoms with E-state index in [9.17, 15) is 9.50 Å². The fourth-order valence-corrected chi connectivity index (χ4v) is 3.28. The van der Waals surface area contributed by atoms with Crippen LogP contribution in [0.2, 0.25) is 0 Å². The monoisotopic (exact) mass is 316 g/mol. The third-order valence-electron chi connectivity index (χ3n) is 2.56. The number of thiazole rings is 1. The fraction of sp³-hybridized carbons (Fsp3) is 0.273. The van der Waals surface area contributed by atoms with Crippen molar-refractivity contribution in [1.29, 1.82) is 0 Å². The van der Waals surface area contributed by atoms with Gasteiger partial charge in [-0.05, 0) is 34.5 Å². The van der Waals surface area contributed by atoms with Gasteiger partial charge >= 0.3 is 0 Å². The van der Waals surface area contributed by atoms with Crippen LogP contribution in [0.4, 0.5) is 4.39 Å². The first kappa shape index (κ1) is 12.6. The van der Waals surface area contributed by atoms with Crippen molar-refractivity contribution in [2.75, 3.05) is 0 Å². The predicted molar refractivity (Wildman–Crippen MR) is 67.3 cm³/mol. The van der Waals surface area contributed by atoms with Gasteiger partial charge in [-0.2, -0.15) is 0 Å². The van der Waals surface area contributed by atoms with Gasteiger partial charge in [0.05, 0.1) is 22.3 Å². The minimum atomic E-state index is -1.23. The first-order chi connectivity index (χ1) is 8.08. The second-order valence-corrected chi connectivity index (χ2v) is 5.15. The molecule has 17 heavy (non-hydrogen) atoms. The average Bonchev–Trinajstić information content (AvgIpc) is 2.76. The number of nitrogens with zero attached hydrogens (tertiary/aromatic N) is 2. The van der Waals surface area contributed by atoms with E-state index in [1.54, 1.807) is 5.51 Å². The topological polar surface area (TPSA) is 46.0 Å². The number of halogens is 2. The van der Waals surface area contributed by atoms with E-state index < -0.39 is 11.4 Å². The van der Waals surface area contributed by atoms with Crippen LogP contribution in [0.3, 0.4) is 0 Å². The smallest absolute Gasteiger partial charge is 0.143 e. The summed E-state index contributed by atoms with van der Waals surface area (Å²) in [6, 6.07) is 2.78. The van der Waals surface area contributed by atoms with Gasteiger partial charge in [0.15, 0.2) is 0 Å². The zero-order valence-electron chi connectivity index (χ0n) is 9.02. The van der Waals surface area contributed by atoms with Crippen LogP contribution < -0.4 is 0 Å². The Morgan fingerprint density at radius 1 is 1.47 bits per heavy atom. The molecule has 2 aromatic rings. The molecule has 2 aromatic heterocycles. The Hall–Kier alpha value is -0.850. The summed E-state index contributed by atoms with van der Waals surface area (Å²) in [5.41, 5.74) is 0.837. The van der Waals surface area contributed by atoms with E-state index in [1.807, 2.05) is 6.92 Å². The van der Waals surface area contributed by atoms with Crippen molar-refractivity contribution < 1.29 is 9.50 Å². The Morgan fingerprint density at radius 3 is 2.71 bits per heavy atom. The highest BCUT2D eigenvalue weighted by Crippen LogP contribution is 2.38. The van der Waals surface area contributed by atoms with Crippen molar-refractivity contribution in [3.05, 3.63) is 44.8 Å². The van der Waals surface area contributed by atoms with E-state index in [-0.39, 0.29) is 0 Å². The van der Waals surface area contributed by atoms with E-state index in [4.69, 9.17) is 0 Å². The molecule has 0 aromatic carbocycles. The van der Waals surface area contributed by atoms with Crippen molar-refractivity contribution in [2.45, 2.75) is 18.9 Å². The maximum absolute atomic E-state index is 12.8. The van der Waals surface area contributed by atoms with Crippen LogP contribution in [0.5, 0.6) is 0 Å². The predicted octanol–water partition coefficient (Wildman–Crippen LogP) is 3.09. The maximum atomic E-state index is 12.8. The van der Waals surface area contributed by atoms with Gasteiger partial charge in [0.1, 0.15) is 16.0 Å². The van der Waals surface area contributed by atoms with Crippen molar-refractivity contribution in [3.8, 4) is 0 Å². The Balaban J connectivity index is 2.51. The van der Waals surface area contributed by atoms with Crippen LogP contribution in [0, 0.1) is 5.82 Å². The second kappa shape index (κ2) is 4.80. The molecule has 0 aliphatic heterocycles. The molecule has 90 valence electrons. The number of hydrogen-bond donors (Lipinski definition) is 1. The van der Waals surface area contributed by atoms with Gasteiger partial charge in [0.25, 0.3) is 0 Å². The highest BCUT2D eigenvalue weighted by atomic mass is 79.9. The third kappa shape index (κ3) is 2.25. The zero-order chi connectivity index (χ0) is 12.5. The summed E-state index contributed by atoms with van der Waals surface area (Å²) in [6.45, 7) is 1.84. The minimum absolute atomic E-state index is 0.421. The molecule has 2 rings (SSSR count). The highest BCUT2D eigenvalue weighted by Gasteiger charge is 2.34. The highest BCUT2D eigenvalue weighted by molar-refractivity contribution is 9.10. The van der Waals surface area contributed by atoms with E-state index >= 15 is 0 Å². The summed E-state index contributed by atoms with van der Waals surface area (Å²) in [5, 5.41) is 10.7. The lowest BCUT2D eigenvalue weighted by Gasteiger charge is -2.24. The summed E-state index contributed by atoms with van der Waals surface area (Å²) in [4.78, 5) is 8.68. The van der Waals surface area contributed by atoms with E-state index in [0.717, 1.165) is 6.20 Å². The number of aliphatic hydroxyl groups is 1. The molecule has 0 saturated carbocycles. The lowest BCUT2D eigenvalue weighted by atomic mass is 9.94. The van der Waals surface area contributed by atoms with Crippen LogP contribution in [-0.2, 0) is 5.60 Å². The zero-order valence-corrected chi connectivity index (χ0v) is 11.4. The van der Waals surface area contributed by atoms with Gasteiger partial charge in [0, 0.05) is 0 Å². The Bertz CT molecular complexity index is 516. The molecule has 3 nitrogen and oxygen atoms in total. The van der Waals surface area contributed by atoms with Crippen molar-refractivity contribution in [1.82, 2.24) is 9.97 Å². The van der Waals surface area contributed by atoms with Crippen molar-refractivity contribution >= 4 is 27.3 Å². The first-order valence-corrected chi connectivity index (χ1v) is 6.69. The van der Waals surface area contributed by atoms with Gasteiger partial charge < -0.3 is 5.11 Å². The molecule has 1 atom stereocenters. The van der Waals surface area contributed by atoms with Crippen LogP contribution in [0.1, 0.15) is 23.9 Å². The maximum Gasteiger partial charge on any atom is 0.143 e. The molecule has 0 radical (unpaired) electrons. The standard InChI is InChI=1S/C11H10BrFN2OS/c1-2-11(16,9-10(12)15-6-17-9)8-4-3-7(13)5-14-8/h3-6,16H,2H2,1H3. The molecule has 0 bridgehead atoms. The molecule has 0 aliphatic rings. The molecule has 0 aliphatic carbocycles. The Morgan fingerprint density at radius 2 is 2.24 bits per heavy atom. The summed E-state index contributed by atoms with van der Waals surface area (Å²) in [6.07, 6.45) is 1.54. The SMILES string of the molecule is CCC(O)(c1ccc(F)cn1)c1scnc1Br. The lowest BCUT2D eigenvalue weighted by molar-refractivity contribution is 0.0746. The Labute approximate surface area is 110 Å². The molecule has 0 amide bonds. The number of pyridine rings is 1. The van der Waals surface area contributed by atoms with Crippen LogP contribution >= 0.6 is 27.3 Å². The summed E-state index contributed by atoms with van der Waals surface area (Å²) < 4.78 is 13.4. The quantitative estimate of drug-likeness (QED) is 0.946. The Kier molecular flexibility index (Phi) is 3.56. The van der Waals surface area contributed by atoms with Crippen molar-refractivity contribution in [2.24, 2.45) is 0 Å². The minimum Gasteiger partial charge on any atom is -0.378 e. The van der Waals surface area contributed by atoms with E-state index in [1.165, 1.54) is 23.5 Å². The van der Waals surface area contributed by atoms with Crippen LogP contribution in [0.15, 0.2) is 28.4 Å². The van der Waals surface area contributed by atoms with Gasteiger partial charge in [-0.1, -0.05) is 6.92 Å². The van der Waals surface area contributed by atoms with Crippen LogP contribution in [0.25, 0.3) is 0 Å². The van der Waals surface area contributed by atoms with Gasteiger partial charge in [-0.3, -0.25) is 4.98 Å². The molecule has 6 heteroatoms. The van der Waals surface area contributed by atoms with E-state index in [0.29, 0.717) is 21.6 Å². The molecule has 0 saturated heterocycles. The molecule has 1 N–H and O–H groups in total. The largest absolute Gasteiger partial charge is 0.378 e. The summed E-state index contributed by atoms with van der Waals surface area (Å²) >= 11 is 4.63. The van der Waals surface area contributed by atoms with Crippen LogP contribution in [-0.4, -0.2) is 15.1 Å². The number of aromatic nitrogens is 2. The molecular formula is C11H10BrFN2OS. The second-order valence-electron chi connectivity index (χ2n) is 3.55. The number of hydrogen-bond acceptors (Lipinski definition) is 4. The van der Waals surface area contributed by atoms with Gasteiger partial charge in [-0.25, -0.2) is 9.37 Å². The molecule has 2 heterocycles. The lowest BCUT2D eigenvalue weighted by Crippen LogP contribution is -2.27. The summed E-state index contributed by atoms with van der Waals surface area (Å²) in [7, 11) is 0. The third-order valence-corrected chi connectivity index (χ3v) is 4.40. The number of rotatable bonds is 3.